The summed E-state index contributed by atoms with van der Waals surface area (Å²) >= 11 is 0. The summed E-state index contributed by atoms with van der Waals surface area (Å²) < 4.78 is 0. The summed E-state index contributed by atoms with van der Waals surface area (Å²) in [5.41, 5.74) is 0. The van der Waals surface area contributed by atoms with Crippen molar-refractivity contribution in [3.8, 4) is 0 Å². The van der Waals surface area contributed by atoms with E-state index in [9.17, 15) is 9.59 Å². The lowest BCUT2D eigenvalue weighted by atomic mass is 10.1. The third-order valence-corrected chi connectivity index (χ3v) is 9.70. The Morgan fingerprint density at radius 1 is 0.357 bits per heavy atom. The third-order valence-electron chi connectivity index (χ3n) is 9.70. The van der Waals surface area contributed by atoms with E-state index < -0.39 is 11.9 Å². The summed E-state index contributed by atoms with van der Waals surface area (Å²) in [5, 5.41) is 52.3. The summed E-state index contributed by atoms with van der Waals surface area (Å²) in [6.45, 7) is 8.35. The quantitative estimate of drug-likeness (QED) is 0.0259. The Kier molecular flexibility index (Phi) is 55.6. The molecule has 0 aromatic carbocycles. The van der Waals surface area contributed by atoms with Crippen LogP contribution in [0.15, 0.2) is 24.3 Å². The Hall–Kier alpha value is -1.82. The molecule has 0 bridgehead atoms. The van der Waals surface area contributed by atoms with Gasteiger partial charge in [-0.25, -0.2) is 0 Å². The Bertz CT molecular complexity index is 749. The van der Waals surface area contributed by atoms with Gasteiger partial charge >= 0.3 is 11.9 Å². The zero-order valence-electron chi connectivity index (χ0n) is 36.6. The molecule has 334 valence electrons. The molecule has 0 fully saturated rings. The third kappa shape index (κ3) is 56.5. The van der Waals surface area contributed by atoms with Crippen molar-refractivity contribution in [3.63, 3.8) is 0 Å². The lowest BCUT2D eigenvalue weighted by Gasteiger charge is -2.25. The van der Waals surface area contributed by atoms with Crippen molar-refractivity contribution in [2.75, 3.05) is 65.7 Å². The van der Waals surface area contributed by atoms with Crippen molar-refractivity contribution in [1.29, 1.82) is 0 Å². The van der Waals surface area contributed by atoms with Crippen LogP contribution in [0.2, 0.25) is 0 Å². The number of aliphatic carboxylic acids is 2. The van der Waals surface area contributed by atoms with Gasteiger partial charge in [0.1, 0.15) is 0 Å². The predicted molar refractivity (Wildman–Crippen MR) is 235 cm³/mol. The average Bonchev–Trinajstić information content (AvgIpc) is 3.17. The molecule has 0 saturated carbocycles. The highest BCUT2D eigenvalue weighted by atomic mass is 16.4. The number of allylic oxidation sites excluding steroid dienone is 4. The Morgan fingerprint density at radius 2 is 0.589 bits per heavy atom. The molecule has 0 rings (SSSR count). The van der Waals surface area contributed by atoms with Crippen LogP contribution in [-0.2, 0) is 9.59 Å². The number of carboxylic acid groups (broad SMARTS) is 2. The van der Waals surface area contributed by atoms with Gasteiger partial charge in [-0.1, -0.05) is 141 Å². The molecular formula is C46H92N2O8. The van der Waals surface area contributed by atoms with Gasteiger partial charge in [0.25, 0.3) is 0 Å². The molecule has 0 heterocycles. The molecule has 0 aromatic heterocycles. The van der Waals surface area contributed by atoms with Crippen LogP contribution in [0.25, 0.3) is 0 Å². The zero-order chi connectivity index (χ0) is 42.0. The van der Waals surface area contributed by atoms with Crippen molar-refractivity contribution in [2.24, 2.45) is 0 Å². The average molecular weight is 801 g/mol. The maximum atomic E-state index is 10.3. The lowest BCUT2D eigenvalue weighted by molar-refractivity contribution is -0.138. The first-order valence-corrected chi connectivity index (χ1v) is 22.9. The summed E-state index contributed by atoms with van der Waals surface area (Å²) in [4.78, 5) is 24.5. The molecular weight excluding hydrogens is 709 g/mol. The summed E-state index contributed by atoms with van der Waals surface area (Å²) in [6.07, 6.45) is 42.5. The van der Waals surface area contributed by atoms with Gasteiger partial charge in [-0.05, 0) is 64.2 Å². The highest BCUT2D eigenvalue weighted by Crippen LogP contribution is 2.11. The molecule has 0 aliphatic rings. The van der Waals surface area contributed by atoms with Gasteiger partial charge in [-0.3, -0.25) is 19.4 Å². The van der Waals surface area contributed by atoms with Crippen LogP contribution in [0.5, 0.6) is 0 Å². The second-order valence-corrected chi connectivity index (χ2v) is 15.0. The molecule has 10 nitrogen and oxygen atoms in total. The van der Waals surface area contributed by atoms with Crippen LogP contribution in [-0.4, -0.2) is 118 Å². The smallest absolute Gasteiger partial charge is 0.303 e. The number of rotatable bonds is 41. The minimum atomic E-state index is -0.664. The molecule has 0 atom stereocenters. The minimum absolute atomic E-state index is 0.0694. The van der Waals surface area contributed by atoms with Gasteiger partial charge in [-0.15, -0.1) is 0 Å². The maximum Gasteiger partial charge on any atom is 0.303 e. The number of aliphatic hydroxyl groups is 4. The normalized spacial score (nSPS) is 11.4. The summed E-state index contributed by atoms with van der Waals surface area (Å²) in [6, 6.07) is 0. The molecule has 6 N–H and O–H groups in total. The van der Waals surface area contributed by atoms with Gasteiger partial charge in [0, 0.05) is 52.1 Å². The highest BCUT2D eigenvalue weighted by Gasteiger charge is 2.08. The maximum absolute atomic E-state index is 10.3. The van der Waals surface area contributed by atoms with Crippen molar-refractivity contribution in [1.82, 2.24) is 9.80 Å². The van der Waals surface area contributed by atoms with E-state index in [0.717, 1.165) is 25.7 Å². The first-order chi connectivity index (χ1) is 27.3. The van der Waals surface area contributed by atoms with Crippen LogP contribution in [0.1, 0.15) is 194 Å². The molecule has 0 spiro atoms. The van der Waals surface area contributed by atoms with Crippen LogP contribution < -0.4 is 0 Å². The van der Waals surface area contributed by atoms with Crippen molar-refractivity contribution >= 4 is 11.9 Å². The van der Waals surface area contributed by atoms with Crippen molar-refractivity contribution in [2.45, 2.75) is 194 Å². The van der Waals surface area contributed by atoms with E-state index in [2.05, 4.69) is 38.2 Å². The van der Waals surface area contributed by atoms with Gasteiger partial charge < -0.3 is 30.6 Å². The monoisotopic (exact) mass is 801 g/mol. The number of carbonyl (C=O) groups is 2. The number of hydrogen-bond donors (Lipinski definition) is 6. The fourth-order valence-corrected chi connectivity index (χ4v) is 6.21. The van der Waals surface area contributed by atoms with Crippen molar-refractivity contribution in [3.05, 3.63) is 24.3 Å². The van der Waals surface area contributed by atoms with E-state index in [4.69, 9.17) is 30.6 Å². The molecule has 0 amide bonds. The topological polar surface area (TPSA) is 162 Å². The fourth-order valence-electron chi connectivity index (χ4n) is 6.21. The molecule has 0 saturated heterocycles. The molecule has 0 aromatic rings. The molecule has 0 radical (unpaired) electrons. The van der Waals surface area contributed by atoms with E-state index in [-0.39, 0.29) is 26.4 Å². The molecule has 56 heavy (non-hydrogen) atoms. The SMILES string of the molecule is CCCCCCCC/C=C\CCCCCCCC(=O)O.CCCCCCCC/C=C\CCCCCCCC(=O)O.OCCN(CCO)CCN(CCO)CCO. The van der Waals surface area contributed by atoms with Gasteiger partial charge in [0.05, 0.1) is 26.4 Å². The van der Waals surface area contributed by atoms with E-state index in [0.29, 0.717) is 52.1 Å². The van der Waals surface area contributed by atoms with Crippen LogP contribution >= 0.6 is 0 Å². The van der Waals surface area contributed by atoms with Gasteiger partial charge in [0.2, 0.25) is 0 Å². The highest BCUT2D eigenvalue weighted by molar-refractivity contribution is 5.66. The standard InChI is InChI=1S/2C18H34O2.C10H24N2O4/c2*1-2-3-4-5-6-7-8-9-10-11-12-13-14-15-16-17-18(19)20;13-7-3-11(4-8-14)1-2-12(5-9-15)6-10-16/h2*9-10H,2-8,11-17H2,1H3,(H,19,20);13-16H,1-10H2/b2*10-9-;. The molecule has 0 unspecified atom stereocenters. The Labute approximate surface area is 344 Å². The van der Waals surface area contributed by atoms with E-state index >= 15 is 0 Å². The molecule has 0 aliphatic heterocycles. The Balaban J connectivity index is -0.000000758. The van der Waals surface area contributed by atoms with Crippen LogP contribution in [0, 0.1) is 0 Å². The summed E-state index contributed by atoms with van der Waals surface area (Å²) in [5.74, 6) is -1.33. The lowest BCUT2D eigenvalue weighted by Crippen LogP contribution is -2.40. The van der Waals surface area contributed by atoms with E-state index in [1.807, 2.05) is 9.80 Å². The Morgan fingerprint density at radius 3 is 0.821 bits per heavy atom. The minimum Gasteiger partial charge on any atom is -0.481 e. The molecule has 10 heteroatoms. The first kappa shape index (κ1) is 58.5. The molecule has 0 aliphatic carbocycles. The van der Waals surface area contributed by atoms with Gasteiger partial charge in [-0.2, -0.15) is 0 Å². The van der Waals surface area contributed by atoms with E-state index in [1.165, 1.54) is 141 Å². The number of nitrogens with zero attached hydrogens (tertiary/aromatic N) is 2. The van der Waals surface area contributed by atoms with Gasteiger partial charge in [0.15, 0.2) is 0 Å². The first-order valence-electron chi connectivity index (χ1n) is 22.9. The van der Waals surface area contributed by atoms with Crippen molar-refractivity contribution < 1.29 is 40.2 Å². The fraction of sp³-hybridized carbons (Fsp3) is 0.870. The van der Waals surface area contributed by atoms with Crippen LogP contribution in [0.4, 0.5) is 0 Å². The summed E-state index contributed by atoms with van der Waals surface area (Å²) in [7, 11) is 0. The zero-order valence-corrected chi connectivity index (χ0v) is 36.6. The number of carboxylic acids is 2. The number of aliphatic hydroxyl groups excluding tert-OH is 4. The number of unbranched alkanes of at least 4 members (excludes halogenated alkanes) is 22. The predicted octanol–water partition coefficient (Wildman–Crippen LogP) is 9.78. The largest absolute Gasteiger partial charge is 0.481 e. The van der Waals surface area contributed by atoms with E-state index in [1.54, 1.807) is 0 Å². The van der Waals surface area contributed by atoms with Crippen LogP contribution in [0.3, 0.4) is 0 Å². The number of hydrogen-bond acceptors (Lipinski definition) is 8. The second-order valence-electron chi connectivity index (χ2n) is 15.0. The second kappa shape index (κ2) is 53.2.